The highest BCUT2D eigenvalue weighted by Crippen LogP contribution is 2.32. The number of carbonyl (C=O) groups is 1. The van der Waals surface area contributed by atoms with Crippen LogP contribution in [0.5, 0.6) is 11.5 Å². The fourth-order valence-corrected chi connectivity index (χ4v) is 1.81. The Morgan fingerprint density at radius 1 is 1.35 bits per heavy atom. The number of benzene rings is 1. The Kier molecular flexibility index (Phi) is 3.52. The average molecular weight is 235 g/mol. The second-order valence-corrected chi connectivity index (χ2v) is 4.19. The average Bonchev–Trinajstić information content (AvgIpc) is 2.76. The molecule has 1 aliphatic rings. The van der Waals surface area contributed by atoms with Gasteiger partial charge in [-0.25, -0.2) is 0 Å². The third-order valence-corrected chi connectivity index (χ3v) is 2.75. The van der Waals surface area contributed by atoms with Crippen LogP contribution in [0.25, 0.3) is 0 Å². The van der Waals surface area contributed by atoms with Crippen molar-refractivity contribution in [2.75, 3.05) is 13.8 Å². The van der Waals surface area contributed by atoms with Crippen molar-refractivity contribution < 1.29 is 14.3 Å². The molecule has 4 heteroatoms. The molecule has 0 N–H and O–H groups in total. The van der Waals surface area contributed by atoms with Crippen LogP contribution in [0.1, 0.15) is 25.3 Å². The van der Waals surface area contributed by atoms with Gasteiger partial charge in [0.15, 0.2) is 11.5 Å². The van der Waals surface area contributed by atoms with Gasteiger partial charge in [-0.15, -0.1) is 0 Å². The second-order valence-electron chi connectivity index (χ2n) is 4.19. The Morgan fingerprint density at radius 3 is 2.88 bits per heavy atom. The summed E-state index contributed by atoms with van der Waals surface area (Å²) in [6, 6.07) is 5.77. The molecule has 0 aliphatic carbocycles. The second kappa shape index (κ2) is 5.08. The SMILES string of the molecule is CCCC(=O)N(C)Cc1ccc2c(c1)OCO2. The van der Waals surface area contributed by atoms with E-state index in [-0.39, 0.29) is 12.7 Å². The van der Waals surface area contributed by atoms with Crippen molar-refractivity contribution in [2.45, 2.75) is 26.3 Å². The van der Waals surface area contributed by atoms with Crippen molar-refractivity contribution in [3.63, 3.8) is 0 Å². The molecule has 1 aromatic rings. The zero-order valence-electron chi connectivity index (χ0n) is 10.2. The molecule has 0 unspecified atom stereocenters. The Balaban J connectivity index is 2.01. The molecule has 4 nitrogen and oxygen atoms in total. The molecule has 1 amide bonds. The van der Waals surface area contributed by atoms with E-state index in [0.29, 0.717) is 13.0 Å². The minimum Gasteiger partial charge on any atom is -0.454 e. The van der Waals surface area contributed by atoms with Crippen LogP contribution in [0, 0.1) is 0 Å². The van der Waals surface area contributed by atoms with E-state index < -0.39 is 0 Å². The van der Waals surface area contributed by atoms with Gasteiger partial charge in [0.05, 0.1) is 0 Å². The largest absolute Gasteiger partial charge is 0.454 e. The molecule has 92 valence electrons. The lowest BCUT2D eigenvalue weighted by Crippen LogP contribution is -2.25. The minimum absolute atomic E-state index is 0.171. The summed E-state index contributed by atoms with van der Waals surface area (Å²) in [7, 11) is 1.82. The van der Waals surface area contributed by atoms with E-state index in [0.717, 1.165) is 23.5 Å². The zero-order chi connectivity index (χ0) is 12.3. The van der Waals surface area contributed by atoms with E-state index in [1.165, 1.54) is 0 Å². The van der Waals surface area contributed by atoms with Gasteiger partial charge in [0.25, 0.3) is 0 Å². The summed E-state index contributed by atoms with van der Waals surface area (Å²) in [5, 5.41) is 0. The van der Waals surface area contributed by atoms with E-state index in [1.54, 1.807) is 4.90 Å². The third kappa shape index (κ3) is 2.70. The number of rotatable bonds is 4. The van der Waals surface area contributed by atoms with Gasteiger partial charge >= 0.3 is 0 Å². The first-order valence-corrected chi connectivity index (χ1v) is 5.83. The number of amides is 1. The summed E-state index contributed by atoms with van der Waals surface area (Å²) in [4.78, 5) is 13.4. The van der Waals surface area contributed by atoms with Crippen LogP contribution >= 0.6 is 0 Å². The van der Waals surface area contributed by atoms with Crippen LogP contribution < -0.4 is 9.47 Å². The number of nitrogens with zero attached hydrogens (tertiary/aromatic N) is 1. The molecule has 0 aromatic heterocycles. The number of carbonyl (C=O) groups excluding carboxylic acids is 1. The molecular weight excluding hydrogens is 218 g/mol. The maximum Gasteiger partial charge on any atom is 0.231 e. The Morgan fingerprint density at radius 2 is 2.12 bits per heavy atom. The molecular formula is C13H17NO3. The summed E-state index contributed by atoms with van der Waals surface area (Å²) in [5.41, 5.74) is 1.06. The van der Waals surface area contributed by atoms with Crippen LogP contribution in [-0.4, -0.2) is 24.6 Å². The fraction of sp³-hybridized carbons (Fsp3) is 0.462. The first-order chi connectivity index (χ1) is 8.20. The molecule has 0 saturated heterocycles. The Hall–Kier alpha value is -1.71. The van der Waals surface area contributed by atoms with Crippen LogP contribution in [-0.2, 0) is 11.3 Å². The normalized spacial score (nSPS) is 12.6. The smallest absolute Gasteiger partial charge is 0.231 e. The van der Waals surface area contributed by atoms with E-state index in [9.17, 15) is 4.79 Å². The van der Waals surface area contributed by atoms with Gasteiger partial charge in [0, 0.05) is 20.0 Å². The van der Waals surface area contributed by atoms with Crippen LogP contribution in [0.15, 0.2) is 18.2 Å². The Labute approximate surface area is 101 Å². The first kappa shape index (κ1) is 11.8. The highest BCUT2D eigenvalue weighted by Gasteiger charge is 2.14. The molecule has 0 fully saturated rings. The molecule has 0 radical (unpaired) electrons. The molecule has 1 aromatic carbocycles. The van der Waals surface area contributed by atoms with Crippen molar-refractivity contribution in [3.8, 4) is 11.5 Å². The summed E-state index contributed by atoms with van der Waals surface area (Å²) in [6.07, 6.45) is 1.48. The van der Waals surface area contributed by atoms with Crippen LogP contribution in [0.2, 0.25) is 0 Å². The van der Waals surface area contributed by atoms with E-state index in [4.69, 9.17) is 9.47 Å². The highest BCUT2D eigenvalue weighted by molar-refractivity contribution is 5.75. The third-order valence-electron chi connectivity index (χ3n) is 2.75. The van der Waals surface area contributed by atoms with E-state index >= 15 is 0 Å². The quantitative estimate of drug-likeness (QED) is 0.802. The maximum absolute atomic E-state index is 11.7. The molecule has 1 heterocycles. The predicted octanol–water partition coefficient (Wildman–Crippen LogP) is 2.17. The monoisotopic (exact) mass is 235 g/mol. The number of ether oxygens (including phenoxy) is 2. The van der Waals surface area contributed by atoms with Crippen molar-refractivity contribution >= 4 is 5.91 Å². The van der Waals surface area contributed by atoms with Crippen molar-refractivity contribution in [1.82, 2.24) is 4.90 Å². The van der Waals surface area contributed by atoms with Gasteiger partial charge in [-0.2, -0.15) is 0 Å². The molecule has 17 heavy (non-hydrogen) atoms. The van der Waals surface area contributed by atoms with Gasteiger partial charge in [0.2, 0.25) is 12.7 Å². The summed E-state index contributed by atoms with van der Waals surface area (Å²) in [5.74, 6) is 1.71. The molecule has 0 saturated carbocycles. The lowest BCUT2D eigenvalue weighted by Gasteiger charge is -2.17. The van der Waals surface area contributed by atoms with Gasteiger partial charge in [-0.3, -0.25) is 4.79 Å². The summed E-state index contributed by atoms with van der Waals surface area (Å²) < 4.78 is 10.5. The number of hydrogen-bond acceptors (Lipinski definition) is 3. The van der Waals surface area contributed by atoms with Crippen molar-refractivity contribution in [2.24, 2.45) is 0 Å². The standard InChI is InChI=1S/C13H17NO3/c1-3-4-13(15)14(2)8-10-5-6-11-12(7-10)17-9-16-11/h5-7H,3-4,8-9H2,1-2H3. The van der Waals surface area contributed by atoms with Crippen molar-refractivity contribution in [1.29, 1.82) is 0 Å². The van der Waals surface area contributed by atoms with Gasteiger partial charge in [-0.1, -0.05) is 13.0 Å². The van der Waals surface area contributed by atoms with Crippen molar-refractivity contribution in [3.05, 3.63) is 23.8 Å². The molecule has 0 bridgehead atoms. The van der Waals surface area contributed by atoms with Crippen LogP contribution in [0.3, 0.4) is 0 Å². The van der Waals surface area contributed by atoms with Gasteiger partial charge in [-0.05, 0) is 24.1 Å². The minimum atomic E-state index is 0.171. The topological polar surface area (TPSA) is 38.8 Å². The lowest BCUT2D eigenvalue weighted by molar-refractivity contribution is -0.130. The molecule has 0 atom stereocenters. The van der Waals surface area contributed by atoms with E-state index in [1.807, 2.05) is 32.2 Å². The Bertz CT molecular complexity index is 417. The summed E-state index contributed by atoms with van der Waals surface area (Å²) >= 11 is 0. The van der Waals surface area contributed by atoms with Gasteiger partial charge in [0.1, 0.15) is 0 Å². The lowest BCUT2D eigenvalue weighted by atomic mass is 10.2. The number of fused-ring (bicyclic) bond motifs is 1. The zero-order valence-corrected chi connectivity index (χ0v) is 10.2. The number of hydrogen-bond donors (Lipinski definition) is 0. The maximum atomic E-state index is 11.7. The molecule has 2 rings (SSSR count). The first-order valence-electron chi connectivity index (χ1n) is 5.83. The van der Waals surface area contributed by atoms with E-state index in [2.05, 4.69) is 0 Å². The van der Waals surface area contributed by atoms with Gasteiger partial charge < -0.3 is 14.4 Å². The highest BCUT2D eigenvalue weighted by atomic mass is 16.7. The molecule has 0 spiro atoms. The fourth-order valence-electron chi connectivity index (χ4n) is 1.81. The predicted molar refractivity (Wildman–Crippen MR) is 63.9 cm³/mol. The van der Waals surface area contributed by atoms with Crippen LogP contribution in [0.4, 0.5) is 0 Å². The molecule has 1 aliphatic heterocycles. The summed E-state index contributed by atoms with van der Waals surface area (Å²) in [6.45, 7) is 2.89.